The van der Waals surface area contributed by atoms with Crippen LogP contribution in [0.25, 0.3) is 11.3 Å². The van der Waals surface area contributed by atoms with Gasteiger partial charge in [-0.3, -0.25) is 0 Å². The molecule has 1 N–H and O–H groups in total. The van der Waals surface area contributed by atoms with Crippen molar-refractivity contribution in [2.24, 2.45) is 5.92 Å². The Bertz CT molecular complexity index is 529. The highest BCUT2D eigenvalue weighted by atomic mass is 79.9. The monoisotopic (exact) mass is 336 g/mol. The van der Waals surface area contributed by atoms with Gasteiger partial charge in [-0.15, -0.1) is 11.3 Å². The van der Waals surface area contributed by atoms with Gasteiger partial charge < -0.3 is 5.32 Å². The minimum Gasteiger partial charge on any atom is -0.317 e. The fourth-order valence-electron chi connectivity index (χ4n) is 2.49. The second kappa shape index (κ2) is 6.16. The Kier molecular flexibility index (Phi) is 4.31. The highest BCUT2D eigenvalue weighted by molar-refractivity contribution is 9.10. The van der Waals surface area contributed by atoms with Crippen LogP contribution in [-0.2, 0) is 6.42 Å². The minimum absolute atomic E-state index is 0.810. The van der Waals surface area contributed by atoms with Crippen LogP contribution in [-0.4, -0.2) is 18.1 Å². The molecule has 0 radical (unpaired) electrons. The number of halogens is 1. The van der Waals surface area contributed by atoms with E-state index >= 15 is 0 Å². The first kappa shape index (κ1) is 13.3. The van der Waals surface area contributed by atoms with Crippen molar-refractivity contribution in [2.45, 2.75) is 19.3 Å². The van der Waals surface area contributed by atoms with Gasteiger partial charge in [0.05, 0.1) is 10.7 Å². The molecule has 2 heterocycles. The highest BCUT2D eigenvalue weighted by Crippen LogP contribution is 2.26. The molecule has 3 rings (SSSR count). The lowest BCUT2D eigenvalue weighted by Gasteiger charge is -2.21. The summed E-state index contributed by atoms with van der Waals surface area (Å²) in [7, 11) is 0. The average Bonchev–Trinajstić information content (AvgIpc) is 2.89. The molecule has 0 atom stereocenters. The van der Waals surface area contributed by atoms with Gasteiger partial charge in [-0.25, -0.2) is 4.98 Å². The van der Waals surface area contributed by atoms with E-state index in [1.165, 1.54) is 23.4 Å². The lowest BCUT2D eigenvalue weighted by molar-refractivity contribution is 0.372. The van der Waals surface area contributed by atoms with E-state index in [2.05, 4.69) is 50.9 Å². The van der Waals surface area contributed by atoms with Crippen LogP contribution < -0.4 is 5.32 Å². The number of hydrogen-bond acceptors (Lipinski definition) is 3. The van der Waals surface area contributed by atoms with E-state index in [4.69, 9.17) is 4.98 Å². The van der Waals surface area contributed by atoms with Gasteiger partial charge in [0.25, 0.3) is 0 Å². The molecule has 0 aliphatic carbocycles. The summed E-state index contributed by atoms with van der Waals surface area (Å²) < 4.78 is 1.11. The second-order valence-electron chi connectivity index (χ2n) is 5.03. The van der Waals surface area contributed by atoms with Crippen LogP contribution in [0.5, 0.6) is 0 Å². The molecule has 1 fully saturated rings. The lowest BCUT2D eigenvalue weighted by Crippen LogP contribution is -2.28. The van der Waals surface area contributed by atoms with Gasteiger partial charge in [-0.2, -0.15) is 0 Å². The van der Waals surface area contributed by atoms with Crippen LogP contribution in [0.1, 0.15) is 17.8 Å². The third kappa shape index (κ3) is 3.44. The van der Waals surface area contributed by atoms with Gasteiger partial charge >= 0.3 is 0 Å². The van der Waals surface area contributed by atoms with Crippen molar-refractivity contribution in [3.05, 3.63) is 39.1 Å². The molecule has 1 aromatic heterocycles. The molecule has 2 nitrogen and oxygen atoms in total. The van der Waals surface area contributed by atoms with Crippen molar-refractivity contribution in [1.29, 1.82) is 0 Å². The van der Waals surface area contributed by atoms with Crippen molar-refractivity contribution in [2.75, 3.05) is 13.1 Å². The molecule has 2 aromatic rings. The molecule has 0 amide bonds. The van der Waals surface area contributed by atoms with Gasteiger partial charge in [0.2, 0.25) is 0 Å². The van der Waals surface area contributed by atoms with Gasteiger partial charge in [-0.1, -0.05) is 28.1 Å². The summed E-state index contributed by atoms with van der Waals surface area (Å²) >= 11 is 5.26. The van der Waals surface area contributed by atoms with E-state index < -0.39 is 0 Å². The molecule has 1 aliphatic heterocycles. The van der Waals surface area contributed by atoms with Gasteiger partial charge in [0, 0.05) is 21.8 Å². The summed E-state index contributed by atoms with van der Waals surface area (Å²) in [6.45, 7) is 2.32. The maximum Gasteiger partial charge on any atom is 0.0935 e. The molecule has 0 bridgehead atoms. The normalized spacial score (nSPS) is 16.7. The van der Waals surface area contributed by atoms with Crippen LogP contribution in [0.2, 0.25) is 0 Å². The molecule has 19 heavy (non-hydrogen) atoms. The van der Waals surface area contributed by atoms with Crippen molar-refractivity contribution in [1.82, 2.24) is 10.3 Å². The second-order valence-corrected chi connectivity index (χ2v) is 6.89. The molecule has 0 unspecified atom stereocenters. The molecular formula is C15H17BrN2S. The van der Waals surface area contributed by atoms with Gasteiger partial charge in [-0.05, 0) is 44.0 Å². The molecule has 4 heteroatoms. The fraction of sp³-hybridized carbons (Fsp3) is 0.400. The summed E-state index contributed by atoms with van der Waals surface area (Å²) in [6.07, 6.45) is 3.71. The van der Waals surface area contributed by atoms with E-state index in [0.717, 1.165) is 35.6 Å². The van der Waals surface area contributed by atoms with Crippen LogP contribution >= 0.6 is 27.3 Å². The van der Waals surface area contributed by atoms with Crippen molar-refractivity contribution in [3.63, 3.8) is 0 Å². The number of nitrogens with one attached hydrogen (secondary N) is 1. The van der Waals surface area contributed by atoms with Crippen LogP contribution in [0.3, 0.4) is 0 Å². The maximum absolute atomic E-state index is 4.79. The molecule has 1 aliphatic rings. The summed E-state index contributed by atoms with van der Waals surface area (Å²) in [4.78, 5) is 4.79. The highest BCUT2D eigenvalue weighted by Gasteiger charge is 2.15. The molecule has 1 aromatic carbocycles. The summed E-state index contributed by atoms with van der Waals surface area (Å²) in [5.41, 5.74) is 2.32. The fourth-order valence-corrected chi connectivity index (χ4v) is 3.67. The standard InChI is InChI=1S/C15H17BrN2S/c16-13-3-1-12(2-4-13)14-10-19-15(18-14)9-11-5-7-17-8-6-11/h1-4,10-11,17H,5-9H2. The zero-order chi connectivity index (χ0) is 13.1. The Hall–Kier alpha value is -0.710. The molecule has 100 valence electrons. The number of piperidine rings is 1. The summed E-state index contributed by atoms with van der Waals surface area (Å²) in [5.74, 6) is 0.810. The van der Waals surface area contributed by atoms with E-state index in [0.29, 0.717) is 0 Å². The Morgan fingerprint density at radius 2 is 1.95 bits per heavy atom. The third-order valence-corrected chi connectivity index (χ3v) is 5.01. The van der Waals surface area contributed by atoms with Crippen LogP contribution in [0, 0.1) is 5.92 Å². The number of nitrogens with zero attached hydrogens (tertiary/aromatic N) is 1. The van der Waals surface area contributed by atoms with E-state index in [1.54, 1.807) is 11.3 Å². The Morgan fingerprint density at radius 1 is 1.21 bits per heavy atom. The summed E-state index contributed by atoms with van der Waals surface area (Å²) in [5, 5.41) is 6.88. The quantitative estimate of drug-likeness (QED) is 0.912. The number of rotatable bonds is 3. The number of aromatic nitrogens is 1. The van der Waals surface area contributed by atoms with Crippen molar-refractivity contribution < 1.29 is 0 Å². The van der Waals surface area contributed by atoms with E-state index in [-0.39, 0.29) is 0 Å². The molecular weight excluding hydrogens is 320 g/mol. The molecule has 1 saturated heterocycles. The zero-order valence-corrected chi connectivity index (χ0v) is 13.1. The third-order valence-electron chi connectivity index (χ3n) is 3.61. The first-order chi connectivity index (χ1) is 9.31. The van der Waals surface area contributed by atoms with E-state index in [9.17, 15) is 0 Å². The SMILES string of the molecule is Brc1ccc(-c2csc(CC3CCNCC3)n2)cc1. The van der Waals surface area contributed by atoms with Crippen LogP contribution in [0.4, 0.5) is 0 Å². The zero-order valence-electron chi connectivity index (χ0n) is 10.7. The first-order valence-corrected chi connectivity index (χ1v) is 8.39. The molecule has 0 spiro atoms. The first-order valence-electron chi connectivity index (χ1n) is 6.72. The number of thiazole rings is 1. The van der Waals surface area contributed by atoms with E-state index in [1.807, 2.05) is 0 Å². The number of hydrogen-bond donors (Lipinski definition) is 1. The van der Waals surface area contributed by atoms with Crippen molar-refractivity contribution in [3.8, 4) is 11.3 Å². The van der Waals surface area contributed by atoms with Crippen molar-refractivity contribution >= 4 is 27.3 Å². The lowest BCUT2D eigenvalue weighted by atomic mass is 9.95. The summed E-state index contributed by atoms with van der Waals surface area (Å²) in [6, 6.07) is 8.38. The minimum atomic E-state index is 0.810. The smallest absolute Gasteiger partial charge is 0.0935 e. The average molecular weight is 337 g/mol. The predicted molar refractivity (Wildman–Crippen MR) is 84.5 cm³/mol. The number of benzene rings is 1. The Labute approximate surface area is 126 Å². The topological polar surface area (TPSA) is 24.9 Å². The Morgan fingerprint density at radius 3 is 2.68 bits per heavy atom. The molecule has 0 saturated carbocycles. The van der Waals surface area contributed by atoms with Gasteiger partial charge in [0.1, 0.15) is 0 Å². The largest absolute Gasteiger partial charge is 0.317 e. The Balaban J connectivity index is 1.70. The predicted octanol–water partition coefficient (Wildman–Crippen LogP) is 4.11. The maximum atomic E-state index is 4.79. The van der Waals surface area contributed by atoms with Crippen LogP contribution in [0.15, 0.2) is 34.1 Å². The van der Waals surface area contributed by atoms with Gasteiger partial charge in [0.15, 0.2) is 0 Å².